The van der Waals surface area contributed by atoms with Crippen molar-refractivity contribution in [3.8, 4) is 11.3 Å². The number of hydrogen-bond acceptors (Lipinski definition) is 5. The molecule has 0 unspecified atom stereocenters. The second kappa shape index (κ2) is 6.39. The molecule has 1 aliphatic rings. The standard InChI is InChI=1S/C17H20Cl2N4O/c1-17(2)6-7-23(9-12(17)24)13-8-21-15(16(20)22-13)10-4-3-5-11(18)14(10)19/h3-5,8,12,24H,6-7,9H2,1-2H3,(H2,20,22)/t12-/m1/s1. The summed E-state index contributed by atoms with van der Waals surface area (Å²) in [5.74, 6) is 0.944. The lowest BCUT2D eigenvalue weighted by Crippen LogP contribution is -2.48. The van der Waals surface area contributed by atoms with E-state index in [2.05, 4.69) is 23.8 Å². The number of benzene rings is 1. The van der Waals surface area contributed by atoms with Crippen LogP contribution in [-0.2, 0) is 0 Å². The Morgan fingerprint density at radius 2 is 2.08 bits per heavy atom. The van der Waals surface area contributed by atoms with Crippen molar-refractivity contribution in [3.05, 3.63) is 34.4 Å². The molecule has 1 aliphatic heterocycles. The third-order valence-corrected chi connectivity index (χ3v) is 5.46. The van der Waals surface area contributed by atoms with Crippen LogP contribution in [0.3, 0.4) is 0 Å². The largest absolute Gasteiger partial charge is 0.391 e. The number of hydrogen-bond donors (Lipinski definition) is 2. The van der Waals surface area contributed by atoms with Crippen LogP contribution in [0.2, 0.25) is 10.0 Å². The molecule has 0 radical (unpaired) electrons. The van der Waals surface area contributed by atoms with E-state index >= 15 is 0 Å². The highest BCUT2D eigenvalue weighted by Gasteiger charge is 2.34. The monoisotopic (exact) mass is 366 g/mol. The molecule has 1 fully saturated rings. The highest BCUT2D eigenvalue weighted by molar-refractivity contribution is 6.43. The van der Waals surface area contributed by atoms with Gasteiger partial charge in [0.1, 0.15) is 11.5 Å². The van der Waals surface area contributed by atoms with Crippen molar-refractivity contribution in [2.24, 2.45) is 5.41 Å². The molecule has 1 saturated heterocycles. The molecule has 1 aromatic carbocycles. The number of anilines is 2. The summed E-state index contributed by atoms with van der Waals surface area (Å²) in [6.07, 6.45) is 2.11. The van der Waals surface area contributed by atoms with E-state index in [1.54, 1.807) is 24.4 Å². The first-order valence-electron chi connectivity index (χ1n) is 7.79. The van der Waals surface area contributed by atoms with E-state index in [1.165, 1.54) is 0 Å². The maximum absolute atomic E-state index is 10.3. The van der Waals surface area contributed by atoms with Crippen LogP contribution in [0.5, 0.6) is 0 Å². The third kappa shape index (κ3) is 3.16. The Hall–Kier alpha value is -1.56. The number of nitrogen functional groups attached to an aromatic ring is 1. The molecular weight excluding hydrogens is 347 g/mol. The molecule has 3 N–H and O–H groups in total. The van der Waals surface area contributed by atoms with Crippen LogP contribution in [0.1, 0.15) is 20.3 Å². The molecule has 0 bridgehead atoms. The summed E-state index contributed by atoms with van der Waals surface area (Å²) in [7, 11) is 0. The Balaban J connectivity index is 1.90. The van der Waals surface area contributed by atoms with Crippen molar-refractivity contribution in [1.29, 1.82) is 0 Å². The number of nitrogens with two attached hydrogens (primary N) is 1. The molecule has 2 heterocycles. The molecule has 0 saturated carbocycles. The highest BCUT2D eigenvalue weighted by Crippen LogP contribution is 2.36. The fourth-order valence-electron chi connectivity index (χ4n) is 2.79. The number of β-amino-alcohol motifs (C(OH)–C–C–N with tert-alkyl or cyclic N) is 1. The molecule has 1 atom stereocenters. The van der Waals surface area contributed by atoms with Crippen molar-refractivity contribution in [2.45, 2.75) is 26.4 Å². The average molecular weight is 367 g/mol. The van der Waals surface area contributed by atoms with Crippen LogP contribution in [0, 0.1) is 5.41 Å². The third-order valence-electron chi connectivity index (χ3n) is 4.64. The van der Waals surface area contributed by atoms with Crippen molar-refractivity contribution in [1.82, 2.24) is 9.97 Å². The lowest BCUT2D eigenvalue weighted by Gasteiger charge is -2.41. The maximum Gasteiger partial charge on any atom is 0.152 e. The molecule has 1 aromatic heterocycles. The number of halogens is 2. The van der Waals surface area contributed by atoms with Crippen molar-refractivity contribution in [3.63, 3.8) is 0 Å². The molecule has 0 spiro atoms. The van der Waals surface area contributed by atoms with E-state index in [1.807, 2.05) is 4.90 Å². The number of nitrogens with zero attached hydrogens (tertiary/aromatic N) is 3. The summed E-state index contributed by atoms with van der Waals surface area (Å²) in [5, 5.41) is 11.1. The van der Waals surface area contributed by atoms with Crippen LogP contribution in [-0.4, -0.2) is 34.3 Å². The Kier molecular flexibility index (Phi) is 4.60. The van der Waals surface area contributed by atoms with Gasteiger partial charge in [-0.05, 0) is 17.9 Å². The van der Waals surface area contributed by atoms with E-state index < -0.39 is 6.10 Å². The minimum Gasteiger partial charge on any atom is -0.391 e. The fraction of sp³-hybridized carbons (Fsp3) is 0.412. The van der Waals surface area contributed by atoms with E-state index in [-0.39, 0.29) is 11.2 Å². The molecule has 2 aromatic rings. The van der Waals surface area contributed by atoms with Crippen LogP contribution in [0.15, 0.2) is 24.4 Å². The van der Waals surface area contributed by atoms with Crippen LogP contribution >= 0.6 is 23.2 Å². The number of piperidine rings is 1. The second-order valence-electron chi connectivity index (χ2n) is 6.76. The van der Waals surface area contributed by atoms with E-state index in [0.29, 0.717) is 33.7 Å². The molecule has 24 heavy (non-hydrogen) atoms. The van der Waals surface area contributed by atoms with Gasteiger partial charge in [-0.1, -0.05) is 49.2 Å². The van der Waals surface area contributed by atoms with Gasteiger partial charge in [0.25, 0.3) is 0 Å². The lowest BCUT2D eigenvalue weighted by atomic mass is 9.80. The minimum absolute atomic E-state index is 0.0935. The Bertz CT molecular complexity index is 766. The summed E-state index contributed by atoms with van der Waals surface area (Å²) in [6, 6.07) is 5.31. The zero-order valence-corrected chi connectivity index (χ0v) is 15.1. The first-order chi connectivity index (χ1) is 11.3. The van der Waals surface area contributed by atoms with Gasteiger partial charge >= 0.3 is 0 Å². The molecule has 0 aliphatic carbocycles. The van der Waals surface area contributed by atoms with Gasteiger partial charge in [-0.3, -0.25) is 0 Å². The maximum atomic E-state index is 10.3. The summed E-state index contributed by atoms with van der Waals surface area (Å²) in [4.78, 5) is 10.9. The smallest absolute Gasteiger partial charge is 0.152 e. The van der Waals surface area contributed by atoms with Gasteiger partial charge in [0, 0.05) is 18.7 Å². The fourth-order valence-corrected chi connectivity index (χ4v) is 3.18. The molecule has 3 rings (SSSR count). The van der Waals surface area contributed by atoms with Gasteiger partial charge in [0.15, 0.2) is 5.82 Å². The number of aliphatic hydroxyl groups excluding tert-OH is 1. The Labute approximate surface area is 151 Å². The SMILES string of the molecule is CC1(C)CCN(c2cnc(-c3cccc(Cl)c3Cl)c(N)n2)C[C@H]1O. The Morgan fingerprint density at radius 3 is 2.75 bits per heavy atom. The predicted octanol–water partition coefficient (Wildman–Crippen LogP) is 3.63. The summed E-state index contributed by atoms with van der Waals surface area (Å²) >= 11 is 12.3. The quantitative estimate of drug-likeness (QED) is 0.848. The average Bonchev–Trinajstić information content (AvgIpc) is 2.53. The highest BCUT2D eigenvalue weighted by atomic mass is 35.5. The van der Waals surface area contributed by atoms with E-state index in [4.69, 9.17) is 28.9 Å². The zero-order chi connectivity index (χ0) is 17.5. The minimum atomic E-state index is -0.420. The number of aliphatic hydroxyl groups is 1. The Morgan fingerprint density at radius 1 is 1.33 bits per heavy atom. The van der Waals surface area contributed by atoms with E-state index in [9.17, 15) is 5.11 Å². The van der Waals surface area contributed by atoms with Crippen LogP contribution in [0.4, 0.5) is 11.6 Å². The summed E-state index contributed by atoms with van der Waals surface area (Å²) in [5.41, 5.74) is 7.17. The number of aromatic nitrogens is 2. The van der Waals surface area contributed by atoms with Gasteiger partial charge in [0.2, 0.25) is 0 Å². The molecule has 0 amide bonds. The van der Waals surface area contributed by atoms with Crippen LogP contribution in [0.25, 0.3) is 11.3 Å². The molecule has 5 nitrogen and oxygen atoms in total. The van der Waals surface area contributed by atoms with Gasteiger partial charge in [-0.15, -0.1) is 0 Å². The van der Waals surface area contributed by atoms with Crippen molar-refractivity contribution in [2.75, 3.05) is 23.7 Å². The van der Waals surface area contributed by atoms with Gasteiger partial charge in [-0.2, -0.15) is 0 Å². The zero-order valence-electron chi connectivity index (χ0n) is 13.6. The predicted molar refractivity (Wildman–Crippen MR) is 98.5 cm³/mol. The van der Waals surface area contributed by atoms with Crippen LogP contribution < -0.4 is 10.6 Å². The molecule has 128 valence electrons. The first kappa shape index (κ1) is 17.3. The van der Waals surface area contributed by atoms with E-state index in [0.717, 1.165) is 13.0 Å². The summed E-state index contributed by atoms with van der Waals surface area (Å²) < 4.78 is 0. The van der Waals surface area contributed by atoms with Crippen molar-refractivity contribution >= 4 is 34.8 Å². The van der Waals surface area contributed by atoms with Crippen molar-refractivity contribution < 1.29 is 5.11 Å². The van der Waals surface area contributed by atoms with Gasteiger partial charge in [0.05, 0.1) is 22.3 Å². The first-order valence-corrected chi connectivity index (χ1v) is 8.55. The normalized spacial score (nSPS) is 20.2. The second-order valence-corrected chi connectivity index (χ2v) is 7.55. The topological polar surface area (TPSA) is 75.3 Å². The molecule has 7 heteroatoms. The molecular formula is C17H20Cl2N4O. The summed E-state index contributed by atoms with van der Waals surface area (Å²) in [6.45, 7) is 5.45. The lowest BCUT2D eigenvalue weighted by molar-refractivity contribution is 0.0349. The number of rotatable bonds is 2. The van der Waals surface area contributed by atoms with Gasteiger partial charge in [-0.25, -0.2) is 9.97 Å². The van der Waals surface area contributed by atoms with Gasteiger partial charge < -0.3 is 15.7 Å².